The van der Waals surface area contributed by atoms with Crippen LogP contribution < -0.4 is 11.5 Å². The molecule has 0 fully saturated rings. The largest absolute Gasteiger partial charge is 0.394 e. The van der Waals surface area contributed by atoms with Crippen LogP contribution in [0.4, 0.5) is 8.78 Å². The van der Waals surface area contributed by atoms with Gasteiger partial charge in [-0.3, -0.25) is 18.4 Å². The number of aromatic nitrogens is 8. The first-order chi connectivity index (χ1) is 26.6. The van der Waals surface area contributed by atoms with Crippen LogP contribution in [0.25, 0.3) is 56.3 Å². The van der Waals surface area contributed by atoms with Crippen molar-refractivity contribution in [1.82, 2.24) is 37.9 Å². The number of carbonyl (C=O) groups excluding carboxylic acids is 2. The van der Waals surface area contributed by atoms with Crippen molar-refractivity contribution in [2.45, 2.75) is 26.1 Å². The Morgan fingerprint density at radius 2 is 1.07 bits per heavy atom. The number of fused-ring (bicyclic) bond motifs is 2. The zero-order chi connectivity index (χ0) is 38.8. The number of aliphatic hydroxyl groups is 2. The molecule has 0 unspecified atom stereocenters. The molecule has 0 spiro atoms. The van der Waals surface area contributed by atoms with Gasteiger partial charge < -0.3 is 30.8 Å². The summed E-state index contributed by atoms with van der Waals surface area (Å²) in [5.41, 5.74) is 18.4. The Labute approximate surface area is 311 Å². The number of halogens is 2. The van der Waals surface area contributed by atoms with Gasteiger partial charge in [-0.2, -0.15) is 0 Å². The Bertz CT molecular complexity index is 2660. The highest BCUT2D eigenvalue weighted by atomic mass is 19.1. The molecule has 16 heteroatoms. The summed E-state index contributed by atoms with van der Waals surface area (Å²) >= 11 is 0. The fourth-order valence-corrected chi connectivity index (χ4v) is 6.28. The first-order valence-electron chi connectivity index (χ1n) is 17.0. The molecule has 0 aliphatic carbocycles. The topological polar surface area (TPSA) is 197 Å². The van der Waals surface area contributed by atoms with Crippen LogP contribution in [0.2, 0.25) is 0 Å². The lowest BCUT2D eigenvalue weighted by Crippen LogP contribution is -2.20. The van der Waals surface area contributed by atoms with Crippen molar-refractivity contribution in [2.24, 2.45) is 11.5 Å². The third-order valence-corrected chi connectivity index (χ3v) is 8.93. The third-order valence-electron chi connectivity index (χ3n) is 8.93. The highest BCUT2D eigenvalue weighted by Gasteiger charge is 2.20. The molecule has 0 aliphatic heterocycles. The SMILES string of the molecule is CCn1cnc(-c2ccc(F)cc2)c1-c1ccc2ncc(C(N)=O)n2c1.NC(=O)c1cnc2ccc(-c3c(-c4ccc(F)cc4)ncn3C[C@H](O)CO)cn12. The highest BCUT2D eigenvalue weighted by Crippen LogP contribution is 2.33. The first kappa shape index (κ1) is 36.3. The van der Waals surface area contributed by atoms with E-state index in [1.54, 1.807) is 68.6 Å². The molecule has 8 rings (SSSR count). The standard InChI is InChI=1S/C20H18FN5O3.C19H16FN5O/c21-14-4-1-12(2-5-14)18-19(25(11-24-18)9-15(28)10-27)13-3-6-17-23-7-16(20(22)29)26(17)8-13;1-2-24-11-23-17(12-3-6-14(20)7-4-12)18(24)13-5-8-16-22-9-15(19(21)26)25(16)10-13/h1-8,11,15,27-28H,9-10H2,(H2,22,29);3-11H,2H2,1H3,(H2,21,26)/t15-;/m0./s1. The average Bonchev–Trinajstić information content (AvgIpc) is 3.99. The summed E-state index contributed by atoms with van der Waals surface area (Å²) in [4.78, 5) is 40.6. The Hall–Kier alpha value is -7.04. The highest BCUT2D eigenvalue weighted by molar-refractivity contribution is 5.93. The van der Waals surface area contributed by atoms with Crippen LogP contribution >= 0.6 is 0 Å². The van der Waals surface area contributed by atoms with E-state index in [2.05, 4.69) is 19.9 Å². The van der Waals surface area contributed by atoms with Crippen molar-refractivity contribution >= 4 is 23.1 Å². The first-order valence-corrected chi connectivity index (χ1v) is 17.0. The Kier molecular flexibility index (Phi) is 9.99. The second-order valence-electron chi connectivity index (χ2n) is 12.5. The van der Waals surface area contributed by atoms with Crippen molar-refractivity contribution in [1.29, 1.82) is 0 Å². The van der Waals surface area contributed by atoms with E-state index in [4.69, 9.17) is 11.5 Å². The Balaban J connectivity index is 0.000000170. The molecule has 14 nitrogen and oxygen atoms in total. The monoisotopic (exact) mass is 744 g/mol. The number of aliphatic hydroxyl groups excluding tert-OH is 2. The molecule has 0 saturated carbocycles. The lowest BCUT2D eigenvalue weighted by molar-refractivity contribution is 0.0815. The van der Waals surface area contributed by atoms with E-state index < -0.39 is 24.5 Å². The molecule has 2 amide bonds. The number of imidazole rings is 4. The van der Waals surface area contributed by atoms with E-state index in [-0.39, 0.29) is 23.9 Å². The molecule has 6 aromatic heterocycles. The van der Waals surface area contributed by atoms with Gasteiger partial charge >= 0.3 is 0 Å². The number of nitrogens with zero attached hydrogens (tertiary/aromatic N) is 8. The van der Waals surface area contributed by atoms with E-state index in [1.807, 2.05) is 29.8 Å². The molecule has 8 aromatic rings. The van der Waals surface area contributed by atoms with Crippen molar-refractivity contribution < 1.29 is 28.6 Å². The zero-order valence-electron chi connectivity index (χ0n) is 29.3. The van der Waals surface area contributed by atoms with Gasteiger partial charge in [-0.15, -0.1) is 0 Å². The molecular weight excluding hydrogens is 710 g/mol. The number of benzene rings is 2. The fraction of sp³-hybridized carbons (Fsp3) is 0.128. The van der Waals surface area contributed by atoms with Crippen molar-refractivity contribution in [3.8, 4) is 45.0 Å². The second-order valence-corrected chi connectivity index (χ2v) is 12.5. The fourth-order valence-electron chi connectivity index (χ4n) is 6.28. The maximum Gasteiger partial charge on any atom is 0.267 e. The Morgan fingerprint density at radius 1 is 0.655 bits per heavy atom. The molecule has 0 saturated heterocycles. The number of primary amides is 2. The van der Waals surface area contributed by atoms with Gasteiger partial charge in [0.05, 0.1) is 67.1 Å². The van der Waals surface area contributed by atoms with Gasteiger partial charge in [-0.25, -0.2) is 28.7 Å². The summed E-state index contributed by atoms with van der Waals surface area (Å²) in [6, 6.07) is 19.4. The summed E-state index contributed by atoms with van der Waals surface area (Å²) < 4.78 is 33.6. The minimum Gasteiger partial charge on any atom is -0.394 e. The molecule has 0 aliphatic rings. The molecule has 6 N–H and O–H groups in total. The second kappa shape index (κ2) is 15.1. The van der Waals surface area contributed by atoms with Crippen LogP contribution in [0.1, 0.15) is 27.9 Å². The summed E-state index contributed by atoms with van der Waals surface area (Å²) in [5.74, 6) is -1.82. The van der Waals surface area contributed by atoms with Gasteiger partial charge in [-0.05, 0) is 79.7 Å². The van der Waals surface area contributed by atoms with Crippen LogP contribution in [0.3, 0.4) is 0 Å². The molecule has 6 heterocycles. The quantitative estimate of drug-likeness (QED) is 0.156. The average molecular weight is 745 g/mol. The van der Waals surface area contributed by atoms with Crippen LogP contribution in [-0.4, -0.2) is 72.6 Å². The molecule has 2 aromatic carbocycles. The number of nitrogens with two attached hydrogens (primary N) is 2. The Morgan fingerprint density at radius 3 is 1.49 bits per heavy atom. The van der Waals surface area contributed by atoms with E-state index in [9.17, 15) is 28.6 Å². The van der Waals surface area contributed by atoms with Gasteiger partial charge in [0.25, 0.3) is 11.8 Å². The minimum absolute atomic E-state index is 0.102. The zero-order valence-corrected chi connectivity index (χ0v) is 29.3. The molecule has 278 valence electrons. The lowest BCUT2D eigenvalue weighted by atomic mass is 10.1. The number of hydrogen-bond acceptors (Lipinski definition) is 8. The van der Waals surface area contributed by atoms with Crippen LogP contribution in [0.5, 0.6) is 0 Å². The number of rotatable bonds is 10. The van der Waals surface area contributed by atoms with Gasteiger partial charge in [0.15, 0.2) is 0 Å². The van der Waals surface area contributed by atoms with Gasteiger partial charge in [0.1, 0.15) is 34.3 Å². The van der Waals surface area contributed by atoms with E-state index in [1.165, 1.54) is 36.7 Å². The predicted molar refractivity (Wildman–Crippen MR) is 199 cm³/mol. The van der Waals surface area contributed by atoms with E-state index in [0.717, 1.165) is 22.5 Å². The van der Waals surface area contributed by atoms with Crippen LogP contribution in [0.15, 0.2) is 110 Å². The molecule has 0 bridgehead atoms. The van der Waals surface area contributed by atoms with E-state index in [0.29, 0.717) is 46.0 Å². The minimum atomic E-state index is -0.984. The number of aryl methyl sites for hydroxylation is 1. The van der Waals surface area contributed by atoms with Crippen LogP contribution in [0, 0.1) is 11.6 Å². The molecular formula is C39H34F2N10O4. The van der Waals surface area contributed by atoms with Crippen molar-refractivity contribution in [2.75, 3.05) is 6.61 Å². The van der Waals surface area contributed by atoms with Gasteiger partial charge in [0, 0.05) is 41.2 Å². The summed E-state index contributed by atoms with van der Waals surface area (Å²) in [7, 11) is 0. The van der Waals surface area contributed by atoms with Gasteiger partial charge in [-0.1, -0.05) is 0 Å². The molecule has 0 radical (unpaired) electrons. The number of carbonyl (C=O) groups is 2. The number of pyridine rings is 2. The van der Waals surface area contributed by atoms with Crippen molar-refractivity contribution in [3.05, 3.63) is 133 Å². The predicted octanol–water partition coefficient (Wildman–Crippen LogP) is 4.58. The van der Waals surface area contributed by atoms with Crippen LogP contribution in [-0.2, 0) is 13.1 Å². The normalized spacial score (nSPS) is 11.8. The number of amides is 2. The maximum atomic E-state index is 13.4. The maximum absolute atomic E-state index is 13.4. The summed E-state index contributed by atoms with van der Waals surface area (Å²) in [6.07, 6.45) is 8.69. The number of hydrogen-bond donors (Lipinski definition) is 4. The van der Waals surface area contributed by atoms with E-state index >= 15 is 0 Å². The summed E-state index contributed by atoms with van der Waals surface area (Å²) in [6.45, 7) is 2.43. The molecule has 1 atom stereocenters. The smallest absolute Gasteiger partial charge is 0.267 e. The van der Waals surface area contributed by atoms with Gasteiger partial charge in [0.2, 0.25) is 0 Å². The van der Waals surface area contributed by atoms with Crippen molar-refractivity contribution in [3.63, 3.8) is 0 Å². The lowest BCUT2D eigenvalue weighted by Gasteiger charge is -2.14. The molecule has 55 heavy (non-hydrogen) atoms. The third kappa shape index (κ3) is 7.18. The summed E-state index contributed by atoms with van der Waals surface area (Å²) in [5, 5.41) is 19.2.